The number of piperidine rings is 1. The smallest absolute Gasteiger partial charge is 0.108 e. The fourth-order valence-electron chi connectivity index (χ4n) is 3.72. The maximum absolute atomic E-state index is 4.48. The van der Waals surface area contributed by atoms with Gasteiger partial charge in [0.05, 0.1) is 11.7 Å². The predicted octanol–water partition coefficient (Wildman–Crippen LogP) is 2.75. The van der Waals surface area contributed by atoms with E-state index >= 15 is 0 Å². The number of nitrogens with zero attached hydrogens (tertiary/aromatic N) is 4. The summed E-state index contributed by atoms with van der Waals surface area (Å²) in [5.41, 5.74) is 2.52. The molecule has 1 atom stereocenters. The molecule has 1 saturated heterocycles. The zero-order valence-corrected chi connectivity index (χ0v) is 13.6. The number of nitrogens with one attached hydrogen (secondary N) is 1. The van der Waals surface area contributed by atoms with E-state index in [1.54, 1.807) is 0 Å². The van der Waals surface area contributed by atoms with Crippen LogP contribution in [0.3, 0.4) is 0 Å². The number of para-hydroxylation sites is 1. The van der Waals surface area contributed by atoms with E-state index in [0.717, 1.165) is 19.5 Å². The molecule has 0 spiro atoms. The van der Waals surface area contributed by atoms with Gasteiger partial charge in [0.25, 0.3) is 0 Å². The fourth-order valence-corrected chi connectivity index (χ4v) is 3.72. The van der Waals surface area contributed by atoms with Crippen LogP contribution >= 0.6 is 0 Å². The summed E-state index contributed by atoms with van der Waals surface area (Å²) < 4.78 is 2.14. The van der Waals surface area contributed by atoms with Gasteiger partial charge in [0.1, 0.15) is 5.82 Å². The first-order valence-electron chi connectivity index (χ1n) is 8.39. The molecule has 1 unspecified atom stereocenters. The summed E-state index contributed by atoms with van der Waals surface area (Å²) in [7, 11) is 2.09. The van der Waals surface area contributed by atoms with Crippen molar-refractivity contribution in [2.24, 2.45) is 13.0 Å². The minimum Gasteiger partial charge on any atom is -0.338 e. The van der Waals surface area contributed by atoms with Crippen molar-refractivity contribution in [3.8, 4) is 0 Å². The van der Waals surface area contributed by atoms with Gasteiger partial charge in [-0.15, -0.1) is 0 Å². The Labute approximate surface area is 136 Å². The fraction of sp³-hybridized carbons (Fsp3) is 0.444. The third-order valence-electron chi connectivity index (χ3n) is 4.95. The van der Waals surface area contributed by atoms with Gasteiger partial charge in [0.15, 0.2) is 0 Å². The number of fused-ring (bicyclic) bond motifs is 1. The molecule has 23 heavy (non-hydrogen) atoms. The maximum Gasteiger partial charge on any atom is 0.108 e. The number of aryl methyl sites for hydroxylation is 1. The van der Waals surface area contributed by atoms with E-state index in [1.165, 1.54) is 41.7 Å². The molecule has 0 saturated carbocycles. The summed E-state index contributed by atoms with van der Waals surface area (Å²) >= 11 is 0. The van der Waals surface area contributed by atoms with E-state index in [4.69, 9.17) is 0 Å². The lowest BCUT2D eigenvalue weighted by Crippen LogP contribution is -2.36. The highest BCUT2D eigenvalue weighted by Gasteiger charge is 2.22. The van der Waals surface area contributed by atoms with Crippen molar-refractivity contribution in [1.29, 1.82) is 0 Å². The summed E-state index contributed by atoms with van der Waals surface area (Å²) in [5.74, 6) is 1.90. The van der Waals surface area contributed by atoms with Crippen LogP contribution < -0.4 is 0 Å². The molecule has 0 amide bonds. The highest BCUT2D eigenvalue weighted by Crippen LogP contribution is 2.23. The van der Waals surface area contributed by atoms with Crippen LogP contribution in [0.1, 0.15) is 24.2 Å². The van der Waals surface area contributed by atoms with E-state index in [9.17, 15) is 0 Å². The van der Waals surface area contributed by atoms with Crippen LogP contribution in [0.4, 0.5) is 0 Å². The minimum atomic E-state index is 0.700. The van der Waals surface area contributed by atoms with Crippen molar-refractivity contribution in [2.45, 2.75) is 25.8 Å². The van der Waals surface area contributed by atoms with E-state index in [2.05, 4.69) is 49.9 Å². The first-order valence-corrected chi connectivity index (χ1v) is 8.39. The third kappa shape index (κ3) is 3.01. The number of aromatic nitrogens is 4. The molecule has 2 aromatic heterocycles. The SMILES string of the molecule is Cn1ccnc1CC1CCCN(Cc2cccc3cn[nH]c23)C1. The molecule has 1 fully saturated rings. The second-order valence-corrected chi connectivity index (χ2v) is 6.65. The number of benzene rings is 1. The molecule has 4 rings (SSSR count). The van der Waals surface area contributed by atoms with Crippen LogP contribution in [-0.4, -0.2) is 37.7 Å². The summed E-state index contributed by atoms with van der Waals surface area (Å²) in [6, 6.07) is 6.45. The van der Waals surface area contributed by atoms with Crippen molar-refractivity contribution >= 4 is 10.9 Å². The summed E-state index contributed by atoms with van der Waals surface area (Å²) in [4.78, 5) is 7.06. The Hall–Kier alpha value is -2.14. The monoisotopic (exact) mass is 309 g/mol. The Bertz CT molecular complexity index is 787. The molecule has 120 valence electrons. The van der Waals surface area contributed by atoms with Crippen molar-refractivity contribution in [3.05, 3.63) is 48.2 Å². The lowest BCUT2D eigenvalue weighted by atomic mass is 9.94. The number of imidazole rings is 1. The second-order valence-electron chi connectivity index (χ2n) is 6.65. The number of hydrogen-bond donors (Lipinski definition) is 1. The van der Waals surface area contributed by atoms with Crippen LogP contribution in [0.25, 0.3) is 10.9 Å². The van der Waals surface area contributed by atoms with Gasteiger partial charge in [-0.3, -0.25) is 10.00 Å². The summed E-state index contributed by atoms with van der Waals surface area (Å²) in [5, 5.41) is 8.52. The van der Waals surface area contributed by atoms with Crippen molar-refractivity contribution in [1.82, 2.24) is 24.6 Å². The van der Waals surface area contributed by atoms with Gasteiger partial charge in [-0.05, 0) is 30.9 Å². The number of hydrogen-bond acceptors (Lipinski definition) is 3. The molecule has 1 N–H and O–H groups in total. The highest BCUT2D eigenvalue weighted by atomic mass is 15.1. The zero-order chi connectivity index (χ0) is 15.6. The van der Waals surface area contributed by atoms with E-state index < -0.39 is 0 Å². The summed E-state index contributed by atoms with van der Waals surface area (Å²) in [6.07, 6.45) is 9.49. The van der Waals surface area contributed by atoms with Gasteiger partial charge < -0.3 is 4.57 Å². The van der Waals surface area contributed by atoms with Crippen LogP contribution in [0, 0.1) is 5.92 Å². The van der Waals surface area contributed by atoms with E-state index in [1.807, 2.05) is 18.6 Å². The van der Waals surface area contributed by atoms with Gasteiger partial charge in [0, 0.05) is 44.3 Å². The average Bonchev–Trinajstić information content (AvgIpc) is 3.18. The molecule has 3 heterocycles. The molecular weight excluding hydrogens is 286 g/mol. The number of rotatable bonds is 4. The second kappa shape index (κ2) is 6.16. The van der Waals surface area contributed by atoms with Gasteiger partial charge in [-0.2, -0.15) is 5.10 Å². The van der Waals surface area contributed by atoms with Gasteiger partial charge in [-0.1, -0.05) is 18.2 Å². The minimum absolute atomic E-state index is 0.700. The molecule has 0 bridgehead atoms. The van der Waals surface area contributed by atoms with E-state index in [-0.39, 0.29) is 0 Å². The number of likely N-dealkylation sites (tertiary alicyclic amines) is 1. The Morgan fingerprint density at radius 2 is 2.30 bits per heavy atom. The Morgan fingerprint density at radius 1 is 1.35 bits per heavy atom. The van der Waals surface area contributed by atoms with Crippen LogP contribution in [-0.2, 0) is 20.0 Å². The molecule has 1 aliphatic rings. The standard InChI is InChI=1S/C18H23N5/c1-22-9-7-19-17(22)10-14-4-3-8-23(12-14)13-16-6-2-5-15-11-20-21-18(15)16/h2,5-7,9,11,14H,3-4,8,10,12-13H2,1H3,(H,20,21). The molecule has 0 aliphatic carbocycles. The molecule has 3 aromatic rings. The lowest BCUT2D eigenvalue weighted by Gasteiger charge is -2.32. The van der Waals surface area contributed by atoms with Crippen molar-refractivity contribution < 1.29 is 0 Å². The lowest BCUT2D eigenvalue weighted by molar-refractivity contribution is 0.166. The quantitative estimate of drug-likeness (QED) is 0.806. The predicted molar refractivity (Wildman–Crippen MR) is 91.0 cm³/mol. The van der Waals surface area contributed by atoms with E-state index in [0.29, 0.717) is 5.92 Å². The molecular formula is C18H23N5. The Kier molecular flexibility index (Phi) is 3.87. The maximum atomic E-state index is 4.48. The van der Waals surface area contributed by atoms with Crippen molar-refractivity contribution in [2.75, 3.05) is 13.1 Å². The molecule has 0 radical (unpaired) electrons. The van der Waals surface area contributed by atoms with Crippen LogP contribution in [0.5, 0.6) is 0 Å². The molecule has 5 heteroatoms. The van der Waals surface area contributed by atoms with Crippen LogP contribution in [0.15, 0.2) is 36.8 Å². The third-order valence-corrected chi connectivity index (χ3v) is 4.95. The van der Waals surface area contributed by atoms with Gasteiger partial charge >= 0.3 is 0 Å². The average molecular weight is 309 g/mol. The van der Waals surface area contributed by atoms with Gasteiger partial charge in [0.2, 0.25) is 0 Å². The number of aromatic amines is 1. The molecule has 1 aromatic carbocycles. The number of H-pyrrole nitrogens is 1. The summed E-state index contributed by atoms with van der Waals surface area (Å²) in [6.45, 7) is 3.33. The first-order chi connectivity index (χ1) is 11.3. The van der Waals surface area contributed by atoms with Crippen LogP contribution in [0.2, 0.25) is 0 Å². The Morgan fingerprint density at radius 3 is 3.17 bits per heavy atom. The first kappa shape index (κ1) is 14.5. The Balaban J connectivity index is 1.45. The van der Waals surface area contributed by atoms with Gasteiger partial charge in [-0.25, -0.2) is 4.98 Å². The highest BCUT2D eigenvalue weighted by molar-refractivity contribution is 5.81. The normalized spacial score (nSPS) is 19.4. The zero-order valence-electron chi connectivity index (χ0n) is 13.6. The molecule has 1 aliphatic heterocycles. The topological polar surface area (TPSA) is 49.7 Å². The van der Waals surface area contributed by atoms with Crippen molar-refractivity contribution in [3.63, 3.8) is 0 Å². The largest absolute Gasteiger partial charge is 0.338 e. The molecule has 5 nitrogen and oxygen atoms in total.